The van der Waals surface area contributed by atoms with Crippen molar-refractivity contribution in [1.29, 1.82) is 0 Å². The van der Waals surface area contributed by atoms with Gasteiger partial charge in [0.1, 0.15) is 6.04 Å². The van der Waals surface area contributed by atoms with E-state index in [-0.39, 0.29) is 17.5 Å². The molecule has 0 saturated carbocycles. The van der Waals surface area contributed by atoms with E-state index in [0.717, 1.165) is 11.3 Å². The van der Waals surface area contributed by atoms with Crippen molar-refractivity contribution in [3.63, 3.8) is 0 Å². The van der Waals surface area contributed by atoms with Gasteiger partial charge < -0.3 is 38.3 Å². The van der Waals surface area contributed by atoms with Crippen LogP contribution in [0, 0.1) is 0 Å². The average molecular weight is 471 g/mol. The number of carbonyl (C=O) groups is 4. The molecule has 32 heavy (non-hydrogen) atoms. The molecule has 0 unspecified atom stereocenters. The lowest BCUT2D eigenvalue weighted by molar-refractivity contribution is -0.140. The molecule has 1 aromatic heterocycles. The van der Waals surface area contributed by atoms with Crippen LogP contribution in [0.15, 0.2) is 10.4 Å². The van der Waals surface area contributed by atoms with Crippen LogP contribution in [0.2, 0.25) is 0 Å². The molecule has 0 bridgehead atoms. The number of aliphatic carboxylic acids is 1. The quantitative estimate of drug-likeness (QED) is 0.0950. The van der Waals surface area contributed by atoms with Crippen LogP contribution in [0.4, 0.5) is 5.13 Å². The van der Waals surface area contributed by atoms with Crippen LogP contribution >= 0.6 is 11.3 Å². The predicted molar refractivity (Wildman–Crippen MR) is 120 cm³/mol. The lowest BCUT2D eigenvalue weighted by Gasteiger charge is -2.16. The zero-order valence-corrected chi connectivity index (χ0v) is 18.6. The lowest BCUT2D eigenvalue weighted by Crippen LogP contribution is -2.48. The molecule has 2 atom stereocenters. The summed E-state index contributed by atoms with van der Waals surface area (Å²) < 4.78 is 0. The zero-order valence-electron chi connectivity index (χ0n) is 17.8. The highest BCUT2D eigenvalue weighted by atomic mass is 32.1. The number of carboxylic acid groups (broad SMARTS) is 1. The molecule has 0 saturated heterocycles. The smallest absolute Gasteiger partial charge is 0.305 e. The molecule has 0 fully saturated rings. The summed E-state index contributed by atoms with van der Waals surface area (Å²) in [6.07, 6.45) is 0.842. The van der Waals surface area contributed by atoms with Crippen LogP contribution < -0.4 is 33.2 Å². The lowest BCUT2D eigenvalue weighted by atomic mass is 10.1. The third-order valence-corrected chi connectivity index (χ3v) is 4.81. The molecule has 0 spiro atoms. The van der Waals surface area contributed by atoms with Crippen molar-refractivity contribution in [3.05, 3.63) is 11.1 Å². The monoisotopic (exact) mass is 470 g/mol. The number of hydrogen-bond acceptors (Lipinski definition) is 8. The Bertz CT molecular complexity index is 824. The van der Waals surface area contributed by atoms with Crippen molar-refractivity contribution < 1.29 is 24.3 Å². The number of guanidine groups is 1. The van der Waals surface area contributed by atoms with E-state index in [1.165, 1.54) is 0 Å². The summed E-state index contributed by atoms with van der Waals surface area (Å²) in [6, 6.07) is -1.97. The van der Waals surface area contributed by atoms with Gasteiger partial charge in [0.2, 0.25) is 17.7 Å². The molecule has 1 rings (SSSR count). The van der Waals surface area contributed by atoms with E-state index in [1.807, 2.05) is 6.92 Å². The van der Waals surface area contributed by atoms with E-state index in [4.69, 9.17) is 22.3 Å². The summed E-state index contributed by atoms with van der Waals surface area (Å²) in [5.41, 5.74) is 16.6. The number of rotatable bonds is 14. The Hall–Kier alpha value is -3.26. The van der Waals surface area contributed by atoms with Gasteiger partial charge >= 0.3 is 5.97 Å². The number of aliphatic imine (C=N–C) groups is 1. The predicted octanol–water partition coefficient (Wildman–Crippen LogP) is -1.51. The normalized spacial score (nSPS) is 12.3. The maximum atomic E-state index is 12.3. The molecule has 178 valence electrons. The molecule has 0 aliphatic carbocycles. The third kappa shape index (κ3) is 10.7. The Kier molecular flexibility index (Phi) is 11.7. The molecule has 10 N–H and O–H groups in total. The van der Waals surface area contributed by atoms with Crippen molar-refractivity contribution >= 4 is 46.1 Å². The minimum Gasteiger partial charge on any atom is -0.481 e. The molecule has 3 amide bonds. The Morgan fingerprint density at radius 2 is 1.97 bits per heavy atom. The fourth-order valence-corrected chi connectivity index (χ4v) is 3.17. The summed E-state index contributed by atoms with van der Waals surface area (Å²) >= 11 is 1.11. The Labute approximate surface area is 189 Å². The van der Waals surface area contributed by atoms with Crippen LogP contribution in [-0.2, 0) is 25.6 Å². The number of thiazole rings is 1. The maximum Gasteiger partial charge on any atom is 0.305 e. The van der Waals surface area contributed by atoms with E-state index >= 15 is 0 Å². The van der Waals surface area contributed by atoms with Gasteiger partial charge in [0.05, 0.1) is 24.6 Å². The van der Waals surface area contributed by atoms with E-state index < -0.39 is 42.2 Å². The highest BCUT2D eigenvalue weighted by molar-refractivity contribution is 7.13. The summed E-state index contributed by atoms with van der Waals surface area (Å²) in [4.78, 5) is 55.4. The standard InChI is InChI=1S/C18H30N8O5S/c1-2-5-22-16(31)12(8-14(28)29)25-13(27)7-10-9-32-18(24-10)26-15(30)11(19)4-3-6-23-17(20)21/h9,11-12H,2-8,19H2,1H3,(H,22,31)(H,25,27)(H,28,29)(H4,20,21,23)(H,24,26,30)/t11-,12-/m0/s1. The van der Waals surface area contributed by atoms with Crippen LogP contribution in [0.1, 0.15) is 38.3 Å². The van der Waals surface area contributed by atoms with Crippen LogP contribution in [-0.4, -0.2) is 64.9 Å². The van der Waals surface area contributed by atoms with Gasteiger partial charge in [-0.15, -0.1) is 11.3 Å². The molecular formula is C18H30N8O5S. The highest BCUT2D eigenvalue weighted by Crippen LogP contribution is 2.16. The molecule has 14 heteroatoms. The second-order valence-electron chi connectivity index (χ2n) is 6.87. The molecule has 0 radical (unpaired) electrons. The second kappa shape index (κ2) is 13.9. The van der Waals surface area contributed by atoms with E-state index in [9.17, 15) is 19.2 Å². The molecular weight excluding hydrogens is 440 g/mol. The summed E-state index contributed by atoms with van der Waals surface area (Å²) in [5, 5.41) is 18.4. The first kappa shape index (κ1) is 26.8. The largest absolute Gasteiger partial charge is 0.481 e. The van der Waals surface area contributed by atoms with Crippen LogP contribution in [0.25, 0.3) is 0 Å². The first-order valence-electron chi connectivity index (χ1n) is 9.97. The number of nitrogens with one attached hydrogen (secondary N) is 3. The van der Waals surface area contributed by atoms with Crippen molar-refractivity contribution in [3.8, 4) is 0 Å². The molecule has 13 nitrogen and oxygen atoms in total. The highest BCUT2D eigenvalue weighted by Gasteiger charge is 2.24. The second-order valence-corrected chi connectivity index (χ2v) is 7.73. The van der Waals surface area contributed by atoms with Gasteiger partial charge in [0.15, 0.2) is 11.1 Å². The number of nitrogens with zero attached hydrogens (tertiary/aromatic N) is 2. The summed E-state index contributed by atoms with van der Waals surface area (Å²) in [7, 11) is 0. The number of hydrogen-bond donors (Lipinski definition) is 7. The third-order valence-electron chi connectivity index (χ3n) is 4.01. The number of nitrogens with two attached hydrogens (primary N) is 3. The fourth-order valence-electron chi connectivity index (χ4n) is 2.46. The number of aromatic nitrogens is 1. The molecule has 1 aromatic rings. The van der Waals surface area contributed by atoms with Crippen LogP contribution in [0.3, 0.4) is 0 Å². The number of anilines is 1. The average Bonchev–Trinajstić information content (AvgIpc) is 3.14. The van der Waals surface area contributed by atoms with Crippen molar-refractivity contribution in [2.45, 2.75) is 51.1 Å². The molecule has 0 aromatic carbocycles. The van der Waals surface area contributed by atoms with Gasteiger partial charge in [-0.25, -0.2) is 4.98 Å². The summed E-state index contributed by atoms with van der Waals surface area (Å²) in [6.45, 7) is 2.58. The van der Waals surface area contributed by atoms with Gasteiger partial charge in [-0.1, -0.05) is 6.92 Å². The van der Waals surface area contributed by atoms with Gasteiger partial charge in [-0.05, 0) is 19.3 Å². The van der Waals surface area contributed by atoms with Gasteiger partial charge in [0, 0.05) is 18.5 Å². The first-order chi connectivity index (χ1) is 15.1. The number of carbonyl (C=O) groups excluding carboxylic acids is 3. The SMILES string of the molecule is CCCNC(=O)[C@H](CC(=O)O)NC(=O)Cc1csc(NC(=O)[C@@H](N)CCCN=C(N)N)n1. The topological polar surface area (TPSA) is 228 Å². The zero-order chi connectivity index (χ0) is 24.1. The maximum absolute atomic E-state index is 12.3. The van der Waals surface area contributed by atoms with Crippen molar-refractivity contribution in [2.24, 2.45) is 22.2 Å². The van der Waals surface area contributed by atoms with E-state index in [1.54, 1.807) is 5.38 Å². The molecule has 1 heterocycles. The van der Waals surface area contributed by atoms with Crippen LogP contribution in [0.5, 0.6) is 0 Å². The minimum atomic E-state index is -1.21. The van der Waals surface area contributed by atoms with Gasteiger partial charge in [-0.3, -0.25) is 24.2 Å². The molecule has 0 aliphatic heterocycles. The summed E-state index contributed by atoms with van der Waals surface area (Å²) in [5.74, 6) is -2.81. The Morgan fingerprint density at radius 3 is 2.59 bits per heavy atom. The Balaban J connectivity index is 2.57. The van der Waals surface area contributed by atoms with Gasteiger partial charge in [0.25, 0.3) is 0 Å². The van der Waals surface area contributed by atoms with Crippen molar-refractivity contribution in [2.75, 3.05) is 18.4 Å². The van der Waals surface area contributed by atoms with Crippen molar-refractivity contribution in [1.82, 2.24) is 15.6 Å². The molecule has 0 aliphatic rings. The van der Waals surface area contributed by atoms with E-state index in [0.29, 0.717) is 38.0 Å². The minimum absolute atomic E-state index is 0.0294. The number of amides is 3. The van der Waals surface area contributed by atoms with E-state index in [2.05, 4.69) is 25.9 Å². The first-order valence-corrected chi connectivity index (χ1v) is 10.8. The fraction of sp³-hybridized carbons (Fsp3) is 0.556. The Morgan fingerprint density at radius 1 is 1.25 bits per heavy atom. The van der Waals surface area contributed by atoms with Gasteiger partial charge in [-0.2, -0.15) is 0 Å². The number of carboxylic acids is 1.